The Labute approximate surface area is 147 Å². The standard InChI is InChI=1S/C16H24N6O3/c23-13-21-3-5-22(6-4-21)16(24)14-11-15(19-12-18-14)17-1-2-20-7-9-25-10-8-20/h11-13H,1-10H2,(H,17,18,19). The third-order valence-electron chi connectivity index (χ3n) is 4.47. The van der Waals surface area contributed by atoms with E-state index >= 15 is 0 Å². The molecule has 2 saturated heterocycles. The molecule has 2 aliphatic rings. The summed E-state index contributed by atoms with van der Waals surface area (Å²) in [5, 5.41) is 3.25. The van der Waals surface area contributed by atoms with Crippen molar-refractivity contribution >= 4 is 18.1 Å². The molecule has 3 rings (SSSR count). The van der Waals surface area contributed by atoms with E-state index in [4.69, 9.17) is 4.74 Å². The predicted molar refractivity (Wildman–Crippen MR) is 91.3 cm³/mol. The lowest BCUT2D eigenvalue weighted by molar-refractivity contribution is -0.119. The molecule has 0 atom stereocenters. The van der Waals surface area contributed by atoms with Gasteiger partial charge in [-0.05, 0) is 0 Å². The van der Waals surface area contributed by atoms with Gasteiger partial charge in [-0.15, -0.1) is 0 Å². The van der Waals surface area contributed by atoms with Gasteiger partial charge in [0.2, 0.25) is 6.41 Å². The number of aromatic nitrogens is 2. The van der Waals surface area contributed by atoms with Crippen molar-refractivity contribution in [2.75, 3.05) is 70.9 Å². The van der Waals surface area contributed by atoms with Gasteiger partial charge in [0.25, 0.3) is 5.91 Å². The van der Waals surface area contributed by atoms with Gasteiger partial charge in [-0.2, -0.15) is 0 Å². The maximum Gasteiger partial charge on any atom is 0.272 e. The number of ether oxygens (including phenoxy) is 1. The van der Waals surface area contributed by atoms with Crippen LogP contribution < -0.4 is 5.32 Å². The van der Waals surface area contributed by atoms with Gasteiger partial charge in [0.1, 0.15) is 17.8 Å². The molecule has 2 fully saturated rings. The summed E-state index contributed by atoms with van der Waals surface area (Å²) in [6.07, 6.45) is 2.23. The van der Waals surface area contributed by atoms with Crippen LogP contribution in [0.1, 0.15) is 10.5 Å². The highest BCUT2D eigenvalue weighted by atomic mass is 16.5. The number of hydrogen-bond donors (Lipinski definition) is 1. The molecule has 1 aromatic rings. The quantitative estimate of drug-likeness (QED) is 0.669. The van der Waals surface area contributed by atoms with Crippen LogP contribution in [0.15, 0.2) is 12.4 Å². The van der Waals surface area contributed by atoms with Crippen LogP contribution in [0.25, 0.3) is 0 Å². The summed E-state index contributed by atoms with van der Waals surface area (Å²) in [5.41, 5.74) is 0.378. The number of carbonyl (C=O) groups excluding carboxylic acids is 2. The van der Waals surface area contributed by atoms with Crippen LogP contribution in [0.5, 0.6) is 0 Å². The summed E-state index contributed by atoms with van der Waals surface area (Å²) in [6, 6.07) is 1.69. The van der Waals surface area contributed by atoms with Crippen LogP contribution in [-0.2, 0) is 9.53 Å². The maximum atomic E-state index is 12.5. The first-order valence-corrected chi connectivity index (χ1v) is 8.61. The zero-order valence-corrected chi connectivity index (χ0v) is 14.3. The number of hydrogen-bond acceptors (Lipinski definition) is 7. The molecule has 0 bridgehead atoms. The first-order valence-electron chi connectivity index (χ1n) is 8.61. The Morgan fingerprint density at radius 2 is 1.92 bits per heavy atom. The van der Waals surface area contributed by atoms with Gasteiger partial charge in [0, 0.05) is 58.4 Å². The predicted octanol–water partition coefficient (Wildman–Crippen LogP) is -0.865. The Morgan fingerprint density at radius 3 is 2.64 bits per heavy atom. The summed E-state index contributed by atoms with van der Waals surface area (Å²) < 4.78 is 5.33. The van der Waals surface area contributed by atoms with Crippen LogP contribution in [-0.4, -0.2) is 103 Å². The number of rotatable bonds is 6. The van der Waals surface area contributed by atoms with Crippen molar-refractivity contribution in [3.05, 3.63) is 18.1 Å². The van der Waals surface area contributed by atoms with E-state index in [0.717, 1.165) is 45.8 Å². The number of nitrogens with one attached hydrogen (secondary N) is 1. The van der Waals surface area contributed by atoms with Crippen molar-refractivity contribution in [3.8, 4) is 0 Å². The van der Waals surface area contributed by atoms with Crippen LogP contribution in [0.2, 0.25) is 0 Å². The zero-order valence-electron chi connectivity index (χ0n) is 14.3. The Balaban J connectivity index is 1.50. The summed E-state index contributed by atoms with van der Waals surface area (Å²) in [6.45, 7) is 7.29. The Hall–Kier alpha value is -2.26. The van der Waals surface area contributed by atoms with Gasteiger partial charge < -0.3 is 19.9 Å². The van der Waals surface area contributed by atoms with Crippen molar-refractivity contribution < 1.29 is 14.3 Å². The van der Waals surface area contributed by atoms with Crippen LogP contribution in [0.4, 0.5) is 5.82 Å². The third kappa shape index (κ3) is 4.86. The molecular formula is C16H24N6O3. The van der Waals surface area contributed by atoms with E-state index in [1.54, 1.807) is 15.9 Å². The SMILES string of the molecule is O=CN1CCN(C(=O)c2cc(NCCN3CCOCC3)ncn2)CC1. The first kappa shape index (κ1) is 17.6. The highest BCUT2D eigenvalue weighted by Gasteiger charge is 2.22. The van der Waals surface area contributed by atoms with Gasteiger partial charge in [-0.3, -0.25) is 14.5 Å². The minimum Gasteiger partial charge on any atom is -0.379 e. The molecule has 0 saturated carbocycles. The number of anilines is 1. The largest absolute Gasteiger partial charge is 0.379 e. The average molecular weight is 348 g/mol. The molecule has 2 aliphatic heterocycles. The highest BCUT2D eigenvalue weighted by molar-refractivity contribution is 5.93. The van der Waals surface area contributed by atoms with Crippen molar-refractivity contribution in [2.24, 2.45) is 0 Å². The molecule has 0 radical (unpaired) electrons. The topological polar surface area (TPSA) is 90.9 Å². The minimum atomic E-state index is -0.121. The van der Waals surface area contributed by atoms with Gasteiger partial charge in [0.05, 0.1) is 13.2 Å². The van der Waals surface area contributed by atoms with E-state index in [-0.39, 0.29) is 5.91 Å². The summed E-state index contributed by atoms with van der Waals surface area (Å²) in [4.78, 5) is 37.3. The van der Waals surface area contributed by atoms with Crippen molar-refractivity contribution in [1.29, 1.82) is 0 Å². The molecule has 9 nitrogen and oxygen atoms in total. The van der Waals surface area contributed by atoms with E-state index in [2.05, 4.69) is 20.2 Å². The lowest BCUT2D eigenvalue weighted by atomic mass is 10.2. The molecule has 2 amide bonds. The zero-order chi connectivity index (χ0) is 17.5. The molecule has 25 heavy (non-hydrogen) atoms. The second kappa shape index (κ2) is 8.72. The van der Waals surface area contributed by atoms with Crippen LogP contribution in [0, 0.1) is 0 Å². The molecule has 1 N–H and O–H groups in total. The highest BCUT2D eigenvalue weighted by Crippen LogP contribution is 2.09. The van der Waals surface area contributed by atoms with Crippen LogP contribution >= 0.6 is 0 Å². The third-order valence-corrected chi connectivity index (χ3v) is 4.47. The minimum absolute atomic E-state index is 0.121. The molecule has 0 unspecified atom stereocenters. The lowest BCUT2D eigenvalue weighted by Gasteiger charge is -2.32. The Morgan fingerprint density at radius 1 is 1.16 bits per heavy atom. The monoisotopic (exact) mass is 348 g/mol. The molecule has 136 valence electrons. The summed E-state index contributed by atoms with van der Waals surface area (Å²) in [5.74, 6) is 0.530. The normalized spacial score (nSPS) is 18.9. The van der Waals surface area contributed by atoms with Gasteiger partial charge in [-0.25, -0.2) is 9.97 Å². The van der Waals surface area contributed by atoms with Crippen molar-refractivity contribution in [2.45, 2.75) is 0 Å². The summed E-state index contributed by atoms with van der Waals surface area (Å²) >= 11 is 0. The molecule has 1 aromatic heterocycles. The van der Waals surface area contributed by atoms with E-state index < -0.39 is 0 Å². The first-order chi connectivity index (χ1) is 12.3. The van der Waals surface area contributed by atoms with Crippen molar-refractivity contribution in [1.82, 2.24) is 24.7 Å². The number of morpholine rings is 1. The molecule has 3 heterocycles. The molecule has 9 heteroatoms. The van der Waals surface area contributed by atoms with Gasteiger partial charge in [0.15, 0.2) is 0 Å². The summed E-state index contributed by atoms with van der Waals surface area (Å²) in [7, 11) is 0. The Bertz CT molecular complexity index is 585. The van der Waals surface area contributed by atoms with E-state index in [1.165, 1.54) is 6.33 Å². The van der Waals surface area contributed by atoms with Crippen LogP contribution in [0.3, 0.4) is 0 Å². The second-order valence-electron chi connectivity index (χ2n) is 6.10. The maximum absolute atomic E-state index is 12.5. The second-order valence-corrected chi connectivity index (χ2v) is 6.10. The number of nitrogens with zero attached hydrogens (tertiary/aromatic N) is 5. The number of amides is 2. The van der Waals surface area contributed by atoms with E-state index in [9.17, 15) is 9.59 Å². The fourth-order valence-corrected chi connectivity index (χ4v) is 2.93. The smallest absolute Gasteiger partial charge is 0.272 e. The van der Waals surface area contributed by atoms with Gasteiger partial charge >= 0.3 is 0 Å². The van der Waals surface area contributed by atoms with E-state index in [1.807, 2.05) is 0 Å². The fourth-order valence-electron chi connectivity index (χ4n) is 2.93. The molecule has 0 aliphatic carbocycles. The number of carbonyl (C=O) groups is 2. The average Bonchev–Trinajstić information content (AvgIpc) is 2.68. The van der Waals surface area contributed by atoms with Crippen molar-refractivity contribution in [3.63, 3.8) is 0 Å². The van der Waals surface area contributed by atoms with E-state index in [0.29, 0.717) is 37.7 Å². The number of piperazine rings is 1. The fraction of sp³-hybridized carbons (Fsp3) is 0.625. The molecule has 0 aromatic carbocycles. The lowest BCUT2D eigenvalue weighted by Crippen LogP contribution is -2.48. The van der Waals surface area contributed by atoms with Gasteiger partial charge in [-0.1, -0.05) is 0 Å². The Kier molecular flexibility index (Phi) is 6.13. The molecular weight excluding hydrogens is 324 g/mol. The molecule has 0 spiro atoms.